The van der Waals surface area contributed by atoms with E-state index in [2.05, 4.69) is 26.8 Å². The van der Waals surface area contributed by atoms with E-state index in [1.54, 1.807) is 0 Å². The fraction of sp³-hybridized carbons (Fsp3) is 0.700. The summed E-state index contributed by atoms with van der Waals surface area (Å²) in [5.74, 6) is 0.667. The monoisotopic (exact) mass is 151 g/mol. The maximum atomic E-state index is 7.51. The molecule has 1 aliphatic rings. The van der Waals surface area contributed by atoms with E-state index in [9.17, 15) is 0 Å². The highest BCUT2D eigenvalue weighted by Gasteiger charge is 2.25. The molecule has 0 amide bonds. The summed E-state index contributed by atoms with van der Waals surface area (Å²) in [4.78, 5) is 0. The maximum absolute atomic E-state index is 7.51. The molecule has 1 aliphatic carbocycles. The van der Waals surface area contributed by atoms with Crippen molar-refractivity contribution in [3.05, 3.63) is 12.2 Å². The van der Waals surface area contributed by atoms with Crippen LogP contribution in [0.3, 0.4) is 0 Å². The van der Waals surface area contributed by atoms with Crippen molar-refractivity contribution in [1.82, 2.24) is 0 Å². The first-order valence-corrected chi connectivity index (χ1v) is 4.24. The van der Waals surface area contributed by atoms with Gasteiger partial charge < -0.3 is 5.41 Å². The molecule has 0 aliphatic heterocycles. The molecular formula is C10H17N. The third-order valence-corrected chi connectivity index (χ3v) is 2.43. The van der Waals surface area contributed by atoms with Gasteiger partial charge in [-0.15, -0.1) is 0 Å². The van der Waals surface area contributed by atoms with E-state index in [1.807, 2.05) is 6.08 Å². The van der Waals surface area contributed by atoms with Gasteiger partial charge in [-0.05, 0) is 30.3 Å². The fourth-order valence-corrected chi connectivity index (χ4v) is 1.45. The Morgan fingerprint density at radius 1 is 1.45 bits per heavy atom. The lowest BCUT2D eigenvalue weighted by Gasteiger charge is -2.31. The molecule has 1 N–H and O–H groups in total. The van der Waals surface area contributed by atoms with Crippen molar-refractivity contribution in [1.29, 1.82) is 5.41 Å². The summed E-state index contributed by atoms with van der Waals surface area (Å²) in [7, 11) is 0. The Balaban J connectivity index is 2.64. The average molecular weight is 151 g/mol. The van der Waals surface area contributed by atoms with Gasteiger partial charge in [0.25, 0.3) is 0 Å². The first-order valence-electron chi connectivity index (χ1n) is 4.24. The fourth-order valence-electron chi connectivity index (χ4n) is 1.45. The second-order valence-electron chi connectivity index (χ2n) is 4.43. The smallest absolute Gasteiger partial charge is 0.0313 e. The average Bonchev–Trinajstić information content (AvgIpc) is 1.86. The van der Waals surface area contributed by atoms with Crippen LogP contribution in [0.4, 0.5) is 0 Å². The Morgan fingerprint density at radius 3 is 2.45 bits per heavy atom. The minimum Gasteiger partial charge on any atom is -0.305 e. The summed E-state index contributed by atoms with van der Waals surface area (Å²) in [6.45, 7) is 6.76. The topological polar surface area (TPSA) is 23.9 Å². The Morgan fingerprint density at radius 2 is 2.09 bits per heavy atom. The molecule has 0 aromatic carbocycles. The second-order valence-corrected chi connectivity index (χ2v) is 4.43. The van der Waals surface area contributed by atoms with Gasteiger partial charge in [0.2, 0.25) is 0 Å². The van der Waals surface area contributed by atoms with Gasteiger partial charge in [-0.25, -0.2) is 0 Å². The number of hydrogen-bond donors (Lipinski definition) is 1. The van der Waals surface area contributed by atoms with Gasteiger partial charge in [0.05, 0.1) is 0 Å². The predicted octanol–water partition coefficient (Wildman–Crippen LogP) is 3.02. The van der Waals surface area contributed by atoms with Gasteiger partial charge >= 0.3 is 0 Å². The molecule has 1 atom stereocenters. The van der Waals surface area contributed by atoms with Gasteiger partial charge in [0.1, 0.15) is 0 Å². The van der Waals surface area contributed by atoms with E-state index in [1.165, 1.54) is 0 Å². The SMILES string of the molecule is CC(C)(C)C1CC=CC(=N)C1. The molecule has 0 saturated heterocycles. The Kier molecular flexibility index (Phi) is 2.17. The molecule has 0 fully saturated rings. The largest absolute Gasteiger partial charge is 0.305 e. The van der Waals surface area contributed by atoms with Gasteiger partial charge in [-0.3, -0.25) is 0 Å². The summed E-state index contributed by atoms with van der Waals surface area (Å²) >= 11 is 0. The van der Waals surface area contributed by atoms with E-state index in [0.29, 0.717) is 11.3 Å². The minimum atomic E-state index is 0.358. The van der Waals surface area contributed by atoms with Crippen molar-refractivity contribution in [2.75, 3.05) is 0 Å². The van der Waals surface area contributed by atoms with Crippen molar-refractivity contribution >= 4 is 5.71 Å². The minimum absolute atomic E-state index is 0.358. The summed E-state index contributed by atoms with van der Waals surface area (Å²) in [5, 5.41) is 7.51. The van der Waals surface area contributed by atoms with Crippen LogP contribution in [0.2, 0.25) is 0 Å². The van der Waals surface area contributed by atoms with Crippen molar-refractivity contribution in [2.24, 2.45) is 11.3 Å². The normalized spacial score (nSPS) is 25.7. The number of hydrogen-bond acceptors (Lipinski definition) is 1. The zero-order valence-corrected chi connectivity index (χ0v) is 7.65. The second kappa shape index (κ2) is 2.80. The predicted molar refractivity (Wildman–Crippen MR) is 49.0 cm³/mol. The van der Waals surface area contributed by atoms with Gasteiger partial charge in [0.15, 0.2) is 0 Å². The van der Waals surface area contributed by atoms with E-state index < -0.39 is 0 Å². The van der Waals surface area contributed by atoms with Gasteiger partial charge in [-0.2, -0.15) is 0 Å². The molecule has 62 valence electrons. The highest BCUT2D eigenvalue weighted by molar-refractivity contribution is 5.93. The van der Waals surface area contributed by atoms with Crippen LogP contribution in [0.5, 0.6) is 0 Å². The molecule has 0 radical (unpaired) electrons. The van der Waals surface area contributed by atoms with Gasteiger partial charge in [-0.1, -0.05) is 26.8 Å². The van der Waals surface area contributed by atoms with Crippen LogP contribution in [0.25, 0.3) is 0 Å². The molecule has 0 bridgehead atoms. The van der Waals surface area contributed by atoms with E-state index in [4.69, 9.17) is 5.41 Å². The maximum Gasteiger partial charge on any atom is 0.0313 e. The summed E-state index contributed by atoms with van der Waals surface area (Å²) in [5.41, 5.74) is 1.15. The molecule has 0 spiro atoms. The van der Waals surface area contributed by atoms with Crippen LogP contribution >= 0.6 is 0 Å². The zero-order chi connectivity index (χ0) is 8.48. The molecule has 0 heterocycles. The summed E-state index contributed by atoms with van der Waals surface area (Å²) < 4.78 is 0. The molecule has 1 nitrogen and oxygen atoms in total. The van der Waals surface area contributed by atoms with Gasteiger partial charge in [0, 0.05) is 5.71 Å². The Labute approximate surface area is 69.0 Å². The quantitative estimate of drug-likeness (QED) is 0.550. The summed E-state index contributed by atoms with van der Waals surface area (Å²) in [6.07, 6.45) is 6.16. The van der Waals surface area contributed by atoms with Crippen LogP contribution in [0.1, 0.15) is 33.6 Å². The van der Waals surface area contributed by atoms with Crippen LogP contribution in [-0.4, -0.2) is 5.71 Å². The number of rotatable bonds is 0. The molecule has 1 unspecified atom stereocenters. The Hall–Kier alpha value is -0.590. The highest BCUT2D eigenvalue weighted by Crippen LogP contribution is 2.33. The highest BCUT2D eigenvalue weighted by atomic mass is 14.4. The number of allylic oxidation sites excluding steroid dienone is 2. The first kappa shape index (κ1) is 8.51. The third-order valence-electron chi connectivity index (χ3n) is 2.43. The molecule has 0 aromatic heterocycles. The molecule has 1 rings (SSSR count). The molecule has 1 heteroatoms. The lowest BCUT2D eigenvalue weighted by atomic mass is 9.74. The van der Waals surface area contributed by atoms with Crippen LogP contribution in [0, 0.1) is 16.7 Å². The van der Waals surface area contributed by atoms with E-state index in [0.717, 1.165) is 18.6 Å². The lowest BCUT2D eigenvalue weighted by Crippen LogP contribution is -2.24. The third kappa shape index (κ3) is 2.18. The van der Waals surface area contributed by atoms with Crippen LogP contribution < -0.4 is 0 Å². The van der Waals surface area contributed by atoms with Crippen LogP contribution in [0.15, 0.2) is 12.2 Å². The number of nitrogens with one attached hydrogen (secondary N) is 1. The standard InChI is InChI=1S/C10H17N/c1-10(2,3)8-5-4-6-9(11)7-8/h4,6,8,11H,5,7H2,1-3H3. The van der Waals surface area contributed by atoms with Crippen molar-refractivity contribution < 1.29 is 0 Å². The zero-order valence-electron chi connectivity index (χ0n) is 7.65. The summed E-state index contributed by atoms with van der Waals surface area (Å²) in [6, 6.07) is 0. The van der Waals surface area contributed by atoms with Crippen LogP contribution in [-0.2, 0) is 0 Å². The Bertz CT molecular complexity index is 184. The first-order chi connectivity index (χ1) is 5.00. The van der Waals surface area contributed by atoms with E-state index in [-0.39, 0.29) is 0 Å². The molecule has 0 saturated carbocycles. The molecular weight excluding hydrogens is 134 g/mol. The van der Waals surface area contributed by atoms with E-state index >= 15 is 0 Å². The molecule has 0 aromatic rings. The van der Waals surface area contributed by atoms with Crippen molar-refractivity contribution in [3.8, 4) is 0 Å². The molecule has 11 heavy (non-hydrogen) atoms. The lowest BCUT2D eigenvalue weighted by molar-refractivity contribution is 0.247. The van der Waals surface area contributed by atoms with Crippen molar-refractivity contribution in [2.45, 2.75) is 33.6 Å². The van der Waals surface area contributed by atoms with Crippen molar-refractivity contribution in [3.63, 3.8) is 0 Å².